The van der Waals surface area contributed by atoms with Gasteiger partial charge in [0.15, 0.2) is 11.6 Å². The third-order valence-electron chi connectivity index (χ3n) is 6.26. The van der Waals surface area contributed by atoms with E-state index >= 15 is 0 Å². The zero-order valence-electron chi connectivity index (χ0n) is 19.7. The predicted molar refractivity (Wildman–Crippen MR) is 127 cm³/mol. The SMILES string of the molecule is COc1cc(C=Cc2nc3n(n2)CCC[C@@]3(O)c2ccccc2C(F)(F)F)ccc1-n1cnc(C)c1. The number of rotatable bonds is 5. The summed E-state index contributed by atoms with van der Waals surface area (Å²) >= 11 is 0. The minimum absolute atomic E-state index is 0.105. The Morgan fingerprint density at radius 3 is 2.67 bits per heavy atom. The first-order chi connectivity index (χ1) is 17.2. The molecule has 0 bridgehead atoms. The fraction of sp³-hybridized carbons (Fsp3) is 0.269. The zero-order valence-corrected chi connectivity index (χ0v) is 19.7. The van der Waals surface area contributed by atoms with Crippen molar-refractivity contribution in [3.63, 3.8) is 0 Å². The van der Waals surface area contributed by atoms with Gasteiger partial charge in [-0.05, 0) is 49.6 Å². The molecule has 0 saturated heterocycles. The first-order valence-corrected chi connectivity index (χ1v) is 11.4. The van der Waals surface area contributed by atoms with Crippen molar-refractivity contribution < 1.29 is 23.0 Å². The molecule has 1 aliphatic rings. The molecule has 186 valence electrons. The normalized spacial score (nSPS) is 17.9. The maximum absolute atomic E-state index is 13.7. The van der Waals surface area contributed by atoms with Gasteiger partial charge < -0.3 is 14.4 Å². The van der Waals surface area contributed by atoms with E-state index in [0.29, 0.717) is 24.5 Å². The van der Waals surface area contributed by atoms with Crippen molar-refractivity contribution in [3.05, 3.63) is 89.0 Å². The number of benzene rings is 2. The Bertz CT molecular complexity index is 1440. The third kappa shape index (κ3) is 4.28. The number of ether oxygens (including phenoxy) is 1. The monoisotopic (exact) mass is 495 g/mol. The summed E-state index contributed by atoms with van der Waals surface area (Å²) in [4.78, 5) is 8.68. The van der Waals surface area contributed by atoms with Crippen LogP contribution in [0.15, 0.2) is 55.0 Å². The fourth-order valence-electron chi connectivity index (χ4n) is 4.57. The number of fused-ring (bicyclic) bond motifs is 1. The molecule has 5 rings (SSSR count). The molecule has 10 heteroatoms. The van der Waals surface area contributed by atoms with Crippen molar-refractivity contribution in [2.24, 2.45) is 0 Å². The van der Waals surface area contributed by atoms with Crippen LogP contribution in [-0.2, 0) is 18.3 Å². The van der Waals surface area contributed by atoms with Crippen LogP contribution in [0, 0.1) is 6.92 Å². The third-order valence-corrected chi connectivity index (χ3v) is 6.26. The number of hydrogen-bond acceptors (Lipinski definition) is 5. The van der Waals surface area contributed by atoms with E-state index in [9.17, 15) is 18.3 Å². The molecule has 0 aliphatic carbocycles. The first kappa shape index (κ1) is 23.8. The maximum Gasteiger partial charge on any atom is 0.416 e. The largest absolute Gasteiger partial charge is 0.495 e. The van der Waals surface area contributed by atoms with E-state index in [4.69, 9.17) is 4.74 Å². The molecular weight excluding hydrogens is 471 g/mol. The highest BCUT2D eigenvalue weighted by Gasteiger charge is 2.45. The van der Waals surface area contributed by atoms with E-state index in [1.165, 1.54) is 22.9 Å². The lowest BCUT2D eigenvalue weighted by molar-refractivity contribution is -0.140. The second kappa shape index (κ2) is 8.94. The van der Waals surface area contributed by atoms with Gasteiger partial charge in [0, 0.05) is 18.3 Å². The Morgan fingerprint density at radius 2 is 1.94 bits per heavy atom. The molecule has 0 radical (unpaired) electrons. The number of hydrogen-bond donors (Lipinski definition) is 1. The van der Waals surface area contributed by atoms with E-state index in [1.807, 2.05) is 35.9 Å². The Kier molecular flexibility index (Phi) is 5.91. The van der Waals surface area contributed by atoms with Crippen LogP contribution in [-0.4, -0.2) is 36.5 Å². The van der Waals surface area contributed by atoms with E-state index in [0.717, 1.165) is 23.0 Å². The van der Waals surface area contributed by atoms with Gasteiger partial charge in [-0.15, -0.1) is 0 Å². The topological polar surface area (TPSA) is 78.0 Å². The van der Waals surface area contributed by atoms with Crippen molar-refractivity contribution >= 4 is 12.2 Å². The molecule has 36 heavy (non-hydrogen) atoms. The number of aliphatic hydroxyl groups is 1. The van der Waals surface area contributed by atoms with E-state index in [2.05, 4.69) is 15.1 Å². The van der Waals surface area contributed by atoms with Crippen molar-refractivity contribution in [2.45, 2.75) is 38.1 Å². The van der Waals surface area contributed by atoms with Crippen LogP contribution < -0.4 is 4.74 Å². The molecule has 0 fully saturated rings. The lowest BCUT2D eigenvalue weighted by Gasteiger charge is -2.33. The highest BCUT2D eigenvalue weighted by molar-refractivity contribution is 5.69. The predicted octanol–water partition coefficient (Wildman–Crippen LogP) is 5.00. The Morgan fingerprint density at radius 1 is 1.14 bits per heavy atom. The summed E-state index contributed by atoms with van der Waals surface area (Å²) in [5.74, 6) is 1.04. The van der Waals surface area contributed by atoms with Gasteiger partial charge >= 0.3 is 6.18 Å². The summed E-state index contributed by atoms with van der Waals surface area (Å²) in [6.07, 6.45) is 3.04. The summed E-state index contributed by atoms with van der Waals surface area (Å²) in [6, 6.07) is 10.7. The molecule has 0 unspecified atom stereocenters. The molecule has 7 nitrogen and oxygen atoms in total. The standard InChI is InChI=1S/C26H24F3N5O2/c1-17-15-33(16-30-17)21-10-8-18(14-22(21)36-2)9-11-23-31-24-25(35,12-5-13-34(24)32-23)19-6-3-4-7-20(19)26(27,28)29/h3-4,6-11,14-16,35H,5,12-13H2,1-2H3/t25-/m1/s1. The minimum atomic E-state index is -4.60. The summed E-state index contributed by atoms with van der Waals surface area (Å²) in [7, 11) is 1.58. The number of aromatic nitrogens is 5. The highest BCUT2D eigenvalue weighted by Crippen LogP contribution is 2.43. The van der Waals surface area contributed by atoms with E-state index in [1.54, 1.807) is 25.6 Å². The van der Waals surface area contributed by atoms with Gasteiger partial charge in [-0.1, -0.05) is 30.3 Å². The molecule has 1 atom stereocenters. The second-order valence-corrected chi connectivity index (χ2v) is 8.71. The van der Waals surface area contributed by atoms with E-state index in [-0.39, 0.29) is 17.8 Å². The van der Waals surface area contributed by atoms with Gasteiger partial charge in [-0.3, -0.25) is 0 Å². The second-order valence-electron chi connectivity index (χ2n) is 8.71. The van der Waals surface area contributed by atoms with Gasteiger partial charge in [-0.2, -0.15) is 18.3 Å². The molecule has 0 saturated carbocycles. The molecule has 3 heterocycles. The number of alkyl halides is 3. The van der Waals surface area contributed by atoms with Crippen LogP contribution >= 0.6 is 0 Å². The number of methoxy groups -OCH3 is 1. The molecule has 0 amide bonds. The summed E-state index contributed by atoms with van der Waals surface area (Å²) in [5.41, 5.74) is -0.444. The first-order valence-electron chi connectivity index (χ1n) is 11.4. The van der Waals surface area contributed by atoms with Gasteiger partial charge in [-0.25, -0.2) is 14.6 Å². The summed E-state index contributed by atoms with van der Waals surface area (Å²) < 4.78 is 49.9. The van der Waals surface area contributed by atoms with Crippen LogP contribution in [0.3, 0.4) is 0 Å². The van der Waals surface area contributed by atoms with Gasteiger partial charge in [0.2, 0.25) is 0 Å². The molecule has 1 N–H and O–H groups in total. The highest BCUT2D eigenvalue weighted by atomic mass is 19.4. The lowest BCUT2D eigenvalue weighted by Crippen LogP contribution is -2.37. The smallest absolute Gasteiger partial charge is 0.416 e. The summed E-state index contributed by atoms with van der Waals surface area (Å²) in [6.45, 7) is 2.36. The maximum atomic E-state index is 13.7. The van der Waals surface area contributed by atoms with Crippen LogP contribution in [0.4, 0.5) is 13.2 Å². The molecule has 2 aromatic carbocycles. The number of halogens is 3. The summed E-state index contributed by atoms with van der Waals surface area (Å²) in [5, 5.41) is 15.9. The average molecular weight is 496 g/mol. The van der Waals surface area contributed by atoms with Crippen LogP contribution in [0.25, 0.3) is 17.8 Å². The number of nitrogens with zero attached hydrogens (tertiary/aromatic N) is 5. The Hall–Kier alpha value is -3.92. The van der Waals surface area contributed by atoms with E-state index < -0.39 is 17.3 Å². The average Bonchev–Trinajstić information content (AvgIpc) is 3.49. The van der Waals surface area contributed by atoms with Crippen molar-refractivity contribution in [2.75, 3.05) is 7.11 Å². The number of imidazole rings is 1. The zero-order chi connectivity index (χ0) is 25.5. The Balaban J connectivity index is 1.47. The molecule has 4 aromatic rings. The van der Waals surface area contributed by atoms with Crippen LogP contribution in [0.5, 0.6) is 5.75 Å². The molecule has 1 aliphatic heterocycles. The quantitative estimate of drug-likeness (QED) is 0.422. The lowest BCUT2D eigenvalue weighted by atomic mass is 9.83. The van der Waals surface area contributed by atoms with Crippen molar-refractivity contribution in [1.29, 1.82) is 0 Å². The van der Waals surface area contributed by atoms with Gasteiger partial charge in [0.1, 0.15) is 11.4 Å². The Labute approximate surface area is 205 Å². The molecule has 2 aromatic heterocycles. The molecule has 0 spiro atoms. The van der Waals surface area contributed by atoms with Crippen molar-refractivity contribution in [3.8, 4) is 11.4 Å². The van der Waals surface area contributed by atoms with Gasteiger partial charge in [0.05, 0.1) is 30.4 Å². The van der Waals surface area contributed by atoms with Crippen LogP contribution in [0.1, 0.15) is 46.9 Å². The fourth-order valence-corrected chi connectivity index (χ4v) is 4.57. The van der Waals surface area contributed by atoms with Gasteiger partial charge in [0.25, 0.3) is 0 Å². The minimum Gasteiger partial charge on any atom is -0.495 e. The van der Waals surface area contributed by atoms with Crippen LogP contribution in [0.2, 0.25) is 0 Å². The number of aryl methyl sites for hydroxylation is 2. The van der Waals surface area contributed by atoms with Crippen molar-refractivity contribution in [1.82, 2.24) is 24.3 Å². The molecular formula is C26H24F3N5O2.